The van der Waals surface area contributed by atoms with Gasteiger partial charge in [0.15, 0.2) is 5.82 Å². The number of hydrogen-bond donors (Lipinski definition) is 2. The van der Waals surface area contributed by atoms with E-state index in [1.807, 2.05) is 32.2 Å². The Bertz CT molecular complexity index is 1040. The summed E-state index contributed by atoms with van der Waals surface area (Å²) in [5.41, 5.74) is 3.37. The van der Waals surface area contributed by atoms with Crippen LogP contribution in [0.25, 0.3) is 22.0 Å². The molecule has 3 aliphatic rings. The third-order valence-corrected chi connectivity index (χ3v) is 6.39. The van der Waals surface area contributed by atoms with Gasteiger partial charge in [0, 0.05) is 47.3 Å². The maximum absolute atomic E-state index is 10.6. The highest BCUT2D eigenvalue weighted by atomic mass is 16.5. The van der Waals surface area contributed by atoms with Crippen LogP contribution in [0.5, 0.6) is 5.75 Å². The first kappa shape index (κ1) is 18.3. The van der Waals surface area contributed by atoms with E-state index in [4.69, 9.17) is 4.74 Å². The Morgan fingerprint density at radius 1 is 1.10 bits per heavy atom. The lowest BCUT2D eigenvalue weighted by Gasteiger charge is -2.32. The first-order chi connectivity index (χ1) is 14.1. The Morgan fingerprint density at radius 3 is 2.86 bits per heavy atom. The van der Waals surface area contributed by atoms with Crippen molar-refractivity contribution in [2.75, 3.05) is 18.5 Å². The molecule has 0 amide bonds. The van der Waals surface area contributed by atoms with Crippen molar-refractivity contribution in [3.05, 3.63) is 41.7 Å². The second kappa shape index (κ2) is 7.26. The number of phenolic OH excluding ortho intramolecular Hbond substituents is 1. The maximum Gasteiger partial charge on any atom is 0.156 e. The minimum Gasteiger partial charge on any atom is -0.507 e. The summed E-state index contributed by atoms with van der Waals surface area (Å²) in [4.78, 5) is 4.32. The zero-order valence-electron chi connectivity index (χ0n) is 16.9. The molecule has 3 fully saturated rings. The highest BCUT2D eigenvalue weighted by Gasteiger charge is 2.34. The predicted molar refractivity (Wildman–Crippen MR) is 113 cm³/mol. The molecule has 2 aliphatic heterocycles. The molecule has 1 saturated carbocycles. The summed E-state index contributed by atoms with van der Waals surface area (Å²) in [5, 5.41) is 25.2. The van der Waals surface area contributed by atoms with Crippen LogP contribution < -0.4 is 5.32 Å². The zero-order chi connectivity index (χ0) is 20.0. The van der Waals surface area contributed by atoms with Gasteiger partial charge in [-0.15, -0.1) is 10.2 Å². The van der Waals surface area contributed by atoms with Crippen molar-refractivity contribution in [2.45, 2.75) is 39.2 Å². The van der Waals surface area contributed by atoms with Crippen LogP contribution >= 0.6 is 0 Å². The van der Waals surface area contributed by atoms with Crippen LogP contribution in [0.1, 0.15) is 30.4 Å². The number of fused-ring (bicyclic) bond motifs is 5. The van der Waals surface area contributed by atoms with Crippen LogP contribution in [0, 0.1) is 25.7 Å². The molecule has 4 heterocycles. The Balaban J connectivity index is 1.57. The van der Waals surface area contributed by atoms with Gasteiger partial charge < -0.3 is 15.2 Å². The second-order valence-corrected chi connectivity index (χ2v) is 8.52. The van der Waals surface area contributed by atoms with Gasteiger partial charge in [-0.05, 0) is 62.3 Å². The van der Waals surface area contributed by atoms with Crippen molar-refractivity contribution in [3.8, 4) is 17.0 Å². The first-order valence-corrected chi connectivity index (χ1v) is 10.4. The highest BCUT2D eigenvalue weighted by Crippen LogP contribution is 2.39. The molecule has 150 valence electrons. The molecule has 2 N–H and O–H groups in total. The van der Waals surface area contributed by atoms with Gasteiger partial charge in [-0.1, -0.05) is 6.07 Å². The maximum atomic E-state index is 10.6. The third-order valence-electron chi connectivity index (χ3n) is 6.39. The largest absolute Gasteiger partial charge is 0.507 e. The molecule has 2 saturated heterocycles. The zero-order valence-corrected chi connectivity index (χ0v) is 16.9. The molecule has 1 aromatic carbocycles. The fourth-order valence-electron chi connectivity index (χ4n) is 4.95. The van der Waals surface area contributed by atoms with Gasteiger partial charge in [-0.25, -0.2) is 0 Å². The number of phenols is 1. The number of nitrogens with one attached hydrogen (secondary N) is 1. The highest BCUT2D eigenvalue weighted by molar-refractivity contribution is 6.00. The Labute approximate surface area is 170 Å². The molecule has 6 rings (SSSR count). The Hall–Kier alpha value is -2.73. The number of aromatic hydroxyl groups is 1. The number of aryl methyl sites for hydroxylation is 2. The van der Waals surface area contributed by atoms with Crippen LogP contribution in [0.3, 0.4) is 0 Å². The van der Waals surface area contributed by atoms with Gasteiger partial charge in [0.25, 0.3) is 0 Å². The SMILES string of the molecule is Cc1cc(C)c(-c2nnc(N[C@@H]3C[C@@H]4CC[C@@H]3COC4)c3ccncc23)c(O)c1. The molecule has 6 heteroatoms. The average molecular weight is 390 g/mol. The van der Waals surface area contributed by atoms with Crippen LogP contribution in [-0.4, -0.2) is 39.5 Å². The molecule has 1 aliphatic carbocycles. The van der Waals surface area contributed by atoms with Crippen LogP contribution in [0.4, 0.5) is 5.82 Å². The van der Waals surface area contributed by atoms with Crippen molar-refractivity contribution in [2.24, 2.45) is 11.8 Å². The van der Waals surface area contributed by atoms with E-state index in [1.54, 1.807) is 12.3 Å². The average Bonchev–Trinajstić information content (AvgIpc) is 3.04. The molecule has 2 bridgehead atoms. The summed E-state index contributed by atoms with van der Waals surface area (Å²) in [6, 6.07) is 6.14. The number of pyridine rings is 1. The molecule has 3 atom stereocenters. The lowest BCUT2D eigenvalue weighted by Crippen LogP contribution is -2.35. The standard InChI is InChI=1S/C23H26N4O2/c1-13-7-14(2)21(20(28)8-13)22-18-10-24-6-5-17(18)23(27-26-22)25-19-9-15-3-4-16(19)12-29-11-15/h5-8,10,15-16,19,28H,3-4,9,11-12H2,1-2H3,(H,25,27)/t15-,16+,19+/m0/s1. The number of nitrogens with zero attached hydrogens (tertiary/aromatic N) is 3. The van der Waals surface area contributed by atoms with E-state index < -0.39 is 0 Å². The van der Waals surface area contributed by atoms with Crippen molar-refractivity contribution in [1.29, 1.82) is 0 Å². The minimum absolute atomic E-state index is 0.223. The van der Waals surface area contributed by atoms with Crippen molar-refractivity contribution < 1.29 is 9.84 Å². The van der Waals surface area contributed by atoms with E-state index in [2.05, 4.69) is 20.5 Å². The fourth-order valence-corrected chi connectivity index (χ4v) is 4.95. The first-order valence-electron chi connectivity index (χ1n) is 10.4. The Kier molecular flexibility index (Phi) is 4.59. The van der Waals surface area contributed by atoms with E-state index in [0.717, 1.165) is 52.9 Å². The van der Waals surface area contributed by atoms with Gasteiger partial charge in [0.05, 0.1) is 6.61 Å². The second-order valence-electron chi connectivity index (χ2n) is 8.52. The summed E-state index contributed by atoms with van der Waals surface area (Å²) in [7, 11) is 0. The quantitative estimate of drug-likeness (QED) is 0.696. The van der Waals surface area contributed by atoms with Crippen LogP contribution in [0.15, 0.2) is 30.6 Å². The van der Waals surface area contributed by atoms with Gasteiger partial charge in [-0.2, -0.15) is 0 Å². The minimum atomic E-state index is 0.223. The summed E-state index contributed by atoms with van der Waals surface area (Å²) in [6.45, 7) is 5.64. The van der Waals surface area contributed by atoms with Crippen molar-refractivity contribution >= 4 is 16.6 Å². The number of aromatic nitrogens is 3. The van der Waals surface area contributed by atoms with E-state index in [9.17, 15) is 5.11 Å². The van der Waals surface area contributed by atoms with Gasteiger partial charge in [0.2, 0.25) is 0 Å². The lowest BCUT2D eigenvalue weighted by molar-refractivity contribution is 0.114. The predicted octanol–water partition coefficient (Wildman–Crippen LogP) is 4.24. The van der Waals surface area contributed by atoms with E-state index in [-0.39, 0.29) is 5.75 Å². The molecule has 0 unspecified atom stereocenters. The van der Waals surface area contributed by atoms with Crippen LogP contribution in [0.2, 0.25) is 0 Å². The number of benzene rings is 1. The summed E-state index contributed by atoms with van der Waals surface area (Å²) >= 11 is 0. The van der Waals surface area contributed by atoms with E-state index in [0.29, 0.717) is 23.6 Å². The third kappa shape index (κ3) is 3.31. The van der Waals surface area contributed by atoms with Crippen molar-refractivity contribution in [3.63, 3.8) is 0 Å². The number of anilines is 1. The molecule has 2 aromatic heterocycles. The molecular formula is C23H26N4O2. The number of rotatable bonds is 3. The smallest absolute Gasteiger partial charge is 0.156 e. The monoisotopic (exact) mass is 390 g/mol. The lowest BCUT2D eigenvalue weighted by atomic mass is 9.80. The summed E-state index contributed by atoms with van der Waals surface area (Å²) in [5.74, 6) is 2.14. The molecule has 6 nitrogen and oxygen atoms in total. The van der Waals surface area contributed by atoms with E-state index >= 15 is 0 Å². The van der Waals surface area contributed by atoms with Gasteiger partial charge in [-0.3, -0.25) is 4.98 Å². The Morgan fingerprint density at radius 2 is 2.00 bits per heavy atom. The topological polar surface area (TPSA) is 80.2 Å². The van der Waals surface area contributed by atoms with Gasteiger partial charge >= 0.3 is 0 Å². The van der Waals surface area contributed by atoms with Crippen molar-refractivity contribution in [1.82, 2.24) is 15.2 Å². The molecule has 0 radical (unpaired) electrons. The van der Waals surface area contributed by atoms with E-state index in [1.165, 1.54) is 12.8 Å². The molecular weight excluding hydrogens is 364 g/mol. The number of ether oxygens (including phenoxy) is 1. The van der Waals surface area contributed by atoms with Crippen LogP contribution in [-0.2, 0) is 4.74 Å². The summed E-state index contributed by atoms with van der Waals surface area (Å²) in [6.07, 6.45) is 7.15. The molecule has 3 aromatic rings. The molecule has 29 heavy (non-hydrogen) atoms. The summed E-state index contributed by atoms with van der Waals surface area (Å²) < 4.78 is 5.84. The number of hydrogen-bond acceptors (Lipinski definition) is 6. The van der Waals surface area contributed by atoms with Gasteiger partial charge in [0.1, 0.15) is 11.4 Å². The molecule has 0 spiro atoms. The fraction of sp³-hybridized carbons (Fsp3) is 0.435. The normalized spacial score (nSPS) is 23.9.